The molecular weight excluding hydrogens is 296 g/mol. The second kappa shape index (κ2) is 5.31. The van der Waals surface area contributed by atoms with Crippen LogP contribution in [0.25, 0.3) is 0 Å². The molecule has 1 saturated heterocycles. The van der Waals surface area contributed by atoms with Crippen LogP contribution in [0.5, 0.6) is 0 Å². The summed E-state index contributed by atoms with van der Waals surface area (Å²) in [5.41, 5.74) is -3.39. The summed E-state index contributed by atoms with van der Waals surface area (Å²) in [4.78, 5) is 16.9. The van der Waals surface area contributed by atoms with E-state index < -0.39 is 27.2 Å². The van der Waals surface area contributed by atoms with Crippen molar-refractivity contribution in [3.63, 3.8) is 0 Å². The zero-order valence-corrected chi connectivity index (χ0v) is 16.4. The van der Waals surface area contributed by atoms with E-state index in [1.54, 1.807) is 0 Å². The van der Waals surface area contributed by atoms with Gasteiger partial charge in [-0.15, -0.1) is 10.1 Å². The molecule has 1 fully saturated rings. The van der Waals surface area contributed by atoms with Gasteiger partial charge in [-0.3, -0.25) is 0 Å². The van der Waals surface area contributed by atoms with Crippen molar-refractivity contribution in [3.05, 3.63) is 10.1 Å². The average Bonchev–Trinajstić information content (AvgIpc) is 2.27. The second-order valence-electron chi connectivity index (χ2n) is 10.1. The molecule has 0 radical (unpaired) electrons. The molecule has 0 aromatic heterocycles. The SMILES string of the molecule is CC(C)(C)C1CC(C)(C)N(O)C(C)(C)C1(O[N+](=O)[O-])C(C)(C)C. The first-order chi connectivity index (χ1) is 9.91. The van der Waals surface area contributed by atoms with Gasteiger partial charge in [0.05, 0.1) is 5.54 Å². The van der Waals surface area contributed by atoms with Gasteiger partial charge in [0.25, 0.3) is 5.09 Å². The van der Waals surface area contributed by atoms with E-state index in [2.05, 4.69) is 20.8 Å². The lowest BCUT2D eigenvalue weighted by molar-refractivity contribution is -0.796. The molecule has 0 amide bonds. The predicted molar refractivity (Wildman–Crippen MR) is 89.6 cm³/mol. The van der Waals surface area contributed by atoms with Crippen LogP contribution in [0.4, 0.5) is 0 Å². The maximum atomic E-state index is 11.4. The molecule has 23 heavy (non-hydrogen) atoms. The fourth-order valence-electron chi connectivity index (χ4n) is 4.86. The Kier molecular flexibility index (Phi) is 4.66. The summed E-state index contributed by atoms with van der Waals surface area (Å²) in [5, 5.41) is 22.9. The first-order valence-electron chi connectivity index (χ1n) is 8.24. The van der Waals surface area contributed by atoms with Crippen molar-refractivity contribution in [2.45, 2.75) is 92.3 Å². The molecule has 1 rings (SSSR count). The summed E-state index contributed by atoms with van der Waals surface area (Å²) in [6, 6.07) is 0. The zero-order chi connectivity index (χ0) is 18.6. The number of hydrogen-bond donors (Lipinski definition) is 1. The Labute approximate surface area is 140 Å². The van der Waals surface area contributed by atoms with Gasteiger partial charge in [-0.05, 0) is 50.9 Å². The van der Waals surface area contributed by atoms with Gasteiger partial charge in [0.15, 0.2) is 0 Å². The van der Waals surface area contributed by atoms with Crippen LogP contribution < -0.4 is 0 Å². The smallest absolute Gasteiger partial charge is 0.295 e. The zero-order valence-electron chi connectivity index (χ0n) is 16.4. The molecule has 136 valence electrons. The van der Waals surface area contributed by atoms with E-state index in [4.69, 9.17) is 4.84 Å². The molecule has 0 spiro atoms. The fraction of sp³-hybridized carbons (Fsp3) is 1.00. The molecule has 2 atom stereocenters. The third-order valence-corrected chi connectivity index (χ3v) is 5.58. The van der Waals surface area contributed by atoms with Crippen molar-refractivity contribution in [1.82, 2.24) is 5.06 Å². The van der Waals surface area contributed by atoms with E-state index in [0.29, 0.717) is 6.42 Å². The molecule has 6 heteroatoms. The predicted octanol–water partition coefficient (Wildman–Crippen LogP) is 4.29. The lowest BCUT2D eigenvalue weighted by atomic mass is 9.49. The van der Waals surface area contributed by atoms with E-state index in [-0.39, 0.29) is 11.3 Å². The van der Waals surface area contributed by atoms with Crippen LogP contribution in [-0.2, 0) is 4.84 Å². The van der Waals surface area contributed by atoms with Crippen molar-refractivity contribution >= 4 is 0 Å². The lowest BCUT2D eigenvalue weighted by Gasteiger charge is -2.67. The maximum Gasteiger partial charge on any atom is 0.295 e. The van der Waals surface area contributed by atoms with E-state index in [9.17, 15) is 15.3 Å². The van der Waals surface area contributed by atoms with Crippen LogP contribution in [-0.4, -0.2) is 32.0 Å². The van der Waals surface area contributed by atoms with Gasteiger partial charge in [0, 0.05) is 5.54 Å². The van der Waals surface area contributed by atoms with Crippen LogP contribution in [0.3, 0.4) is 0 Å². The highest BCUT2D eigenvalue weighted by atomic mass is 17.0. The van der Waals surface area contributed by atoms with E-state index in [1.165, 1.54) is 5.06 Å². The van der Waals surface area contributed by atoms with Crippen molar-refractivity contribution in [1.29, 1.82) is 0 Å². The van der Waals surface area contributed by atoms with Crippen molar-refractivity contribution in [2.75, 3.05) is 0 Å². The number of piperidine rings is 1. The number of rotatable bonds is 2. The average molecular weight is 330 g/mol. The molecule has 6 nitrogen and oxygen atoms in total. The Morgan fingerprint density at radius 2 is 1.57 bits per heavy atom. The normalized spacial score (nSPS) is 31.7. The summed E-state index contributed by atoms with van der Waals surface area (Å²) < 4.78 is 0. The minimum atomic E-state index is -1.16. The van der Waals surface area contributed by atoms with Gasteiger partial charge in [0.1, 0.15) is 5.60 Å². The van der Waals surface area contributed by atoms with Gasteiger partial charge in [-0.1, -0.05) is 41.5 Å². The lowest BCUT2D eigenvalue weighted by Crippen LogP contribution is -2.79. The highest BCUT2D eigenvalue weighted by Crippen LogP contribution is 2.60. The summed E-state index contributed by atoms with van der Waals surface area (Å²) >= 11 is 0. The Hall–Kier alpha value is -0.880. The summed E-state index contributed by atoms with van der Waals surface area (Å²) in [6.45, 7) is 19.7. The third kappa shape index (κ3) is 2.95. The highest BCUT2D eigenvalue weighted by molar-refractivity contribution is 5.18. The Balaban J connectivity index is 3.78. The standard InChI is InChI=1S/C17H34N2O4/c1-13(2,3)12-11-15(7,8)18(20)16(9,10)17(12,14(4,5)6)23-19(21)22/h12,20H,11H2,1-10H3. The number of hydroxylamine groups is 2. The van der Waals surface area contributed by atoms with Crippen molar-refractivity contribution in [2.24, 2.45) is 16.7 Å². The van der Waals surface area contributed by atoms with Gasteiger partial charge < -0.3 is 10.0 Å². The molecule has 0 aliphatic carbocycles. The summed E-state index contributed by atoms with van der Waals surface area (Å²) in [7, 11) is 0. The summed E-state index contributed by atoms with van der Waals surface area (Å²) in [6.07, 6.45) is 0.599. The molecule has 1 aliphatic heterocycles. The quantitative estimate of drug-likeness (QED) is 0.603. The van der Waals surface area contributed by atoms with Crippen LogP contribution in [0, 0.1) is 26.9 Å². The first kappa shape index (κ1) is 20.2. The van der Waals surface area contributed by atoms with Gasteiger partial charge in [0.2, 0.25) is 0 Å². The summed E-state index contributed by atoms with van der Waals surface area (Å²) in [5.74, 6) is -0.117. The molecule has 0 bridgehead atoms. The topological polar surface area (TPSA) is 75.8 Å². The Morgan fingerprint density at radius 3 is 1.87 bits per heavy atom. The second-order valence-corrected chi connectivity index (χ2v) is 10.1. The van der Waals surface area contributed by atoms with Crippen LogP contribution >= 0.6 is 0 Å². The van der Waals surface area contributed by atoms with Gasteiger partial charge in [-0.2, -0.15) is 5.06 Å². The molecule has 2 unspecified atom stereocenters. The Bertz CT molecular complexity index is 474. The molecule has 1 heterocycles. The molecule has 0 aromatic rings. The molecule has 1 N–H and O–H groups in total. The fourth-order valence-corrected chi connectivity index (χ4v) is 4.86. The molecule has 1 aliphatic rings. The van der Waals surface area contributed by atoms with E-state index in [0.717, 1.165) is 0 Å². The van der Waals surface area contributed by atoms with Crippen molar-refractivity contribution in [3.8, 4) is 0 Å². The van der Waals surface area contributed by atoms with Crippen LogP contribution in [0.2, 0.25) is 0 Å². The minimum absolute atomic E-state index is 0.117. The van der Waals surface area contributed by atoms with Crippen molar-refractivity contribution < 1.29 is 15.1 Å². The molecular formula is C17H34N2O4. The van der Waals surface area contributed by atoms with E-state index in [1.807, 2.05) is 48.5 Å². The highest BCUT2D eigenvalue weighted by Gasteiger charge is 2.70. The van der Waals surface area contributed by atoms with Crippen LogP contribution in [0.15, 0.2) is 0 Å². The largest absolute Gasteiger partial charge is 0.313 e. The molecule has 0 aromatic carbocycles. The maximum absolute atomic E-state index is 11.4. The number of nitrogens with zero attached hydrogens (tertiary/aromatic N) is 2. The van der Waals surface area contributed by atoms with Crippen LogP contribution in [0.1, 0.15) is 75.7 Å². The number of hydrogen-bond acceptors (Lipinski definition) is 5. The minimum Gasteiger partial charge on any atom is -0.313 e. The van der Waals surface area contributed by atoms with Gasteiger partial charge >= 0.3 is 0 Å². The first-order valence-corrected chi connectivity index (χ1v) is 8.24. The van der Waals surface area contributed by atoms with Gasteiger partial charge in [-0.25, -0.2) is 0 Å². The third-order valence-electron chi connectivity index (χ3n) is 5.58. The molecule has 0 saturated carbocycles. The monoisotopic (exact) mass is 330 g/mol. The van der Waals surface area contributed by atoms with E-state index >= 15 is 0 Å². The Morgan fingerprint density at radius 1 is 1.13 bits per heavy atom.